The Balaban J connectivity index is 2.04. The molecule has 22 heavy (non-hydrogen) atoms. The Kier molecular flexibility index (Phi) is 4.18. The molecule has 0 atom stereocenters. The van der Waals surface area contributed by atoms with Crippen molar-refractivity contribution in [2.75, 3.05) is 0 Å². The van der Waals surface area contributed by atoms with Gasteiger partial charge in [0.05, 0.1) is 18.8 Å². The van der Waals surface area contributed by atoms with E-state index in [0.29, 0.717) is 23.0 Å². The Morgan fingerprint density at radius 3 is 2.68 bits per heavy atom. The number of aliphatic hydroxyl groups excluding tert-OH is 1. The fourth-order valence-corrected chi connectivity index (χ4v) is 2.52. The number of hydrogen-bond acceptors (Lipinski definition) is 3. The van der Waals surface area contributed by atoms with Crippen molar-refractivity contribution < 1.29 is 9.50 Å². The molecule has 0 aliphatic rings. The average Bonchev–Trinajstić information content (AvgIpc) is 2.90. The number of halogens is 2. The smallest absolute Gasteiger partial charge is 0.123 e. The lowest BCUT2D eigenvalue weighted by molar-refractivity contribution is 0.277. The predicted molar refractivity (Wildman–Crippen MR) is 81.9 cm³/mol. The Hall–Kier alpha value is -2.24. The standard InChI is InChI=1S/C16H13ClFN3O/c17-13-5-2-4-12(8-13)16-15(10-22)19-20-21(16)9-11-3-1-6-14(18)7-11/h1-8,22H,9-10H2. The molecular weight excluding hydrogens is 305 g/mol. The van der Waals surface area contributed by atoms with Crippen molar-refractivity contribution in [2.45, 2.75) is 13.2 Å². The van der Waals surface area contributed by atoms with Crippen LogP contribution in [0.15, 0.2) is 48.5 Å². The zero-order chi connectivity index (χ0) is 15.5. The molecule has 0 amide bonds. The van der Waals surface area contributed by atoms with Crippen LogP contribution in [0.3, 0.4) is 0 Å². The van der Waals surface area contributed by atoms with Crippen LogP contribution in [0.2, 0.25) is 5.02 Å². The third-order valence-electron chi connectivity index (χ3n) is 3.27. The van der Waals surface area contributed by atoms with Gasteiger partial charge in [0.25, 0.3) is 0 Å². The maximum atomic E-state index is 13.3. The minimum atomic E-state index is -0.302. The summed E-state index contributed by atoms with van der Waals surface area (Å²) in [7, 11) is 0. The van der Waals surface area contributed by atoms with Crippen molar-refractivity contribution in [1.29, 1.82) is 0 Å². The lowest BCUT2D eigenvalue weighted by Crippen LogP contribution is -2.05. The summed E-state index contributed by atoms with van der Waals surface area (Å²) < 4.78 is 14.9. The molecule has 4 nitrogen and oxygen atoms in total. The zero-order valence-corrected chi connectivity index (χ0v) is 12.3. The van der Waals surface area contributed by atoms with Crippen molar-refractivity contribution in [3.8, 4) is 11.3 Å². The van der Waals surface area contributed by atoms with E-state index in [1.165, 1.54) is 12.1 Å². The molecule has 0 unspecified atom stereocenters. The van der Waals surface area contributed by atoms with E-state index in [4.69, 9.17) is 11.6 Å². The van der Waals surface area contributed by atoms with Crippen LogP contribution in [0, 0.1) is 5.82 Å². The predicted octanol–water partition coefficient (Wildman–Crippen LogP) is 3.28. The number of aliphatic hydroxyl groups is 1. The van der Waals surface area contributed by atoms with E-state index >= 15 is 0 Å². The summed E-state index contributed by atoms with van der Waals surface area (Å²) in [6.07, 6.45) is 0. The molecule has 0 aliphatic heterocycles. The van der Waals surface area contributed by atoms with Gasteiger partial charge >= 0.3 is 0 Å². The molecule has 6 heteroatoms. The Labute approximate surface area is 131 Å². The van der Waals surface area contributed by atoms with Crippen molar-refractivity contribution >= 4 is 11.6 Å². The van der Waals surface area contributed by atoms with Gasteiger partial charge < -0.3 is 5.11 Å². The molecule has 2 aromatic carbocycles. The lowest BCUT2D eigenvalue weighted by atomic mass is 10.1. The first-order valence-electron chi connectivity index (χ1n) is 6.71. The van der Waals surface area contributed by atoms with Gasteiger partial charge in [0.1, 0.15) is 11.5 Å². The molecule has 0 aliphatic carbocycles. The zero-order valence-electron chi connectivity index (χ0n) is 11.6. The minimum absolute atomic E-state index is 0.231. The molecule has 0 saturated heterocycles. The highest BCUT2D eigenvalue weighted by Gasteiger charge is 2.15. The molecular formula is C16H13ClFN3O. The number of rotatable bonds is 4. The third-order valence-corrected chi connectivity index (χ3v) is 3.51. The monoisotopic (exact) mass is 317 g/mol. The molecule has 0 radical (unpaired) electrons. The second kappa shape index (κ2) is 6.25. The molecule has 0 fully saturated rings. The van der Waals surface area contributed by atoms with E-state index in [1.807, 2.05) is 18.2 Å². The van der Waals surface area contributed by atoms with E-state index in [1.54, 1.807) is 22.9 Å². The first kappa shape index (κ1) is 14.7. The molecule has 1 heterocycles. The van der Waals surface area contributed by atoms with Gasteiger partial charge in [-0.25, -0.2) is 9.07 Å². The highest BCUT2D eigenvalue weighted by molar-refractivity contribution is 6.30. The summed E-state index contributed by atoms with van der Waals surface area (Å²) in [4.78, 5) is 0. The van der Waals surface area contributed by atoms with Crippen molar-refractivity contribution in [1.82, 2.24) is 15.0 Å². The maximum absolute atomic E-state index is 13.3. The van der Waals surface area contributed by atoms with Gasteiger partial charge in [-0.2, -0.15) is 0 Å². The van der Waals surface area contributed by atoms with Crippen LogP contribution in [-0.2, 0) is 13.2 Å². The minimum Gasteiger partial charge on any atom is -0.390 e. The first-order chi connectivity index (χ1) is 10.7. The van der Waals surface area contributed by atoms with Gasteiger partial charge in [0.15, 0.2) is 0 Å². The van der Waals surface area contributed by atoms with Crippen LogP contribution < -0.4 is 0 Å². The van der Waals surface area contributed by atoms with E-state index in [-0.39, 0.29) is 12.4 Å². The second-order valence-electron chi connectivity index (χ2n) is 4.84. The molecule has 3 aromatic rings. The van der Waals surface area contributed by atoms with Crippen molar-refractivity contribution in [3.63, 3.8) is 0 Å². The highest BCUT2D eigenvalue weighted by atomic mass is 35.5. The highest BCUT2D eigenvalue weighted by Crippen LogP contribution is 2.25. The van der Waals surface area contributed by atoms with Crippen LogP contribution >= 0.6 is 11.6 Å². The van der Waals surface area contributed by atoms with Crippen molar-refractivity contribution in [3.05, 3.63) is 70.6 Å². The van der Waals surface area contributed by atoms with Crippen LogP contribution in [-0.4, -0.2) is 20.1 Å². The van der Waals surface area contributed by atoms with Gasteiger partial charge in [-0.05, 0) is 29.8 Å². The van der Waals surface area contributed by atoms with Crippen LogP contribution in [0.5, 0.6) is 0 Å². The summed E-state index contributed by atoms with van der Waals surface area (Å²) in [5.74, 6) is -0.302. The molecule has 3 rings (SSSR count). The van der Waals surface area contributed by atoms with E-state index in [0.717, 1.165) is 11.1 Å². The first-order valence-corrected chi connectivity index (χ1v) is 7.09. The van der Waals surface area contributed by atoms with Gasteiger partial charge in [-0.1, -0.05) is 41.1 Å². The van der Waals surface area contributed by atoms with Gasteiger partial charge in [0.2, 0.25) is 0 Å². The van der Waals surface area contributed by atoms with Gasteiger partial charge in [-0.3, -0.25) is 0 Å². The quantitative estimate of drug-likeness (QED) is 0.803. The van der Waals surface area contributed by atoms with Crippen LogP contribution in [0.1, 0.15) is 11.3 Å². The van der Waals surface area contributed by atoms with Crippen LogP contribution in [0.4, 0.5) is 4.39 Å². The van der Waals surface area contributed by atoms with Gasteiger partial charge in [-0.15, -0.1) is 5.10 Å². The van der Waals surface area contributed by atoms with Crippen molar-refractivity contribution in [2.24, 2.45) is 0 Å². The van der Waals surface area contributed by atoms with E-state index in [9.17, 15) is 9.50 Å². The number of aromatic nitrogens is 3. The number of hydrogen-bond donors (Lipinski definition) is 1. The average molecular weight is 318 g/mol. The Bertz CT molecular complexity index is 804. The fourth-order valence-electron chi connectivity index (χ4n) is 2.33. The number of nitrogens with zero attached hydrogens (tertiary/aromatic N) is 3. The van der Waals surface area contributed by atoms with E-state index in [2.05, 4.69) is 10.3 Å². The normalized spacial score (nSPS) is 10.9. The SMILES string of the molecule is OCc1nnn(Cc2cccc(F)c2)c1-c1cccc(Cl)c1. The largest absolute Gasteiger partial charge is 0.390 e. The summed E-state index contributed by atoms with van der Waals surface area (Å²) in [6.45, 7) is 0.123. The van der Waals surface area contributed by atoms with E-state index < -0.39 is 0 Å². The molecule has 1 aromatic heterocycles. The topological polar surface area (TPSA) is 50.9 Å². The molecule has 0 spiro atoms. The summed E-state index contributed by atoms with van der Waals surface area (Å²) >= 11 is 6.03. The second-order valence-corrected chi connectivity index (χ2v) is 5.28. The molecule has 1 N–H and O–H groups in total. The fraction of sp³-hybridized carbons (Fsp3) is 0.125. The van der Waals surface area contributed by atoms with Crippen LogP contribution in [0.25, 0.3) is 11.3 Å². The lowest BCUT2D eigenvalue weighted by Gasteiger charge is -2.08. The molecule has 0 saturated carbocycles. The molecule has 112 valence electrons. The summed E-state index contributed by atoms with van der Waals surface area (Å²) in [5, 5.41) is 18.1. The molecule has 0 bridgehead atoms. The van der Waals surface area contributed by atoms with Gasteiger partial charge in [0, 0.05) is 10.6 Å². The third kappa shape index (κ3) is 3.00. The maximum Gasteiger partial charge on any atom is 0.123 e. The Morgan fingerprint density at radius 1 is 1.14 bits per heavy atom. The number of benzene rings is 2. The summed E-state index contributed by atoms with van der Waals surface area (Å²) in [5.41, 5.74) is 2.70. The Morgan fingerprint density at radius 2 is 1.95 bits per heavy atom. The summed E-state index contributed by atoms with van der Waals surface area (Å²) in [6, 6.07) is 13.5.